The predicted octanol–water partition coefficient (Wildman–Crippen LogP) is 5.59. The third kappa shape index (κ3) is 3.79. The van der Waals surface area contributed by atoms with Crippen LogP contribution in [0.25, 0.3) is 0 Å². The molecule has 1 aromatic heterocycles. The molecule has 0 unspecified atom stereocenters. The third-order valence-corrected chi connectivity index (χ3v) is 6.75. The third-order valence-electron chi connectivity index (χ3n) is 6.75. The van der Waals surface area contributed by atoms with Crippen molar-refractivity contribution >= 4 is 23.2 Å². The number of para-hydroxylation sites is 1. The molecule has 0 atom stereocenters. The lowest BCUT2D eigenvalue weighted by Crippen LogP contribution is -2.31. The molecule has 1 aliphatic rings. The van der Waals surface area contributed by atoms with Crippen molar-refractivity contribution in [3.63, 3.8) is 0 Å². The number of amides is 2. The lowest BCUT2D eigenvalue weighted by Gasteiger charge is -2.23. The average Bonchev–Trinajstić information content (AvgIpc) is 3.23. The van der Waals surface area contributed by atoms with Crippen molar-refractivity contribution in [2.45, 2.75) is 26.9 Å². The van der Waals surface area contributed by atoms with E-state index in [1.165, 1.54) is 0 Å². The van der Waals surface area contributed by atoms with Crippen LogP contribution in [0.3, 0.4) is 0 Å². The highest BCUT2D eigenvalue weighted by atomic mass is 16.2. The number of aromatic nitrogens is 1. The van der Waals surface area contributed by atoms with E-state index in [4.69, 9.17) is 0 Å². The number of benzene rings is 3. The second kappa shape index (κ2) is 8.67. The number of hydrogen-bond acceptors (Lipinski definition) is 2. The molecule has 0 saturated carbocycles. The molecular formula is C29H27N3O2. The van der Waals surface area contributed by atoms with Crippen LogP contribution < -0.4 is 9.80 Å². The van der Waals surface area contributed by atoms with Crippen LogP contribution in [-0.2, 0) is 13.1 Å². The summed E-state index contributed by atoms with van der Waals surface area (Å²) in [7, 11) is 1.76. The molecule has 0 spiro atoms. The van der Waals surface area contributed by atoms with E-state index in [9.17, 15) is 9.59 Å². The molecule has 0 radical (unpaired) electrons. The number of rotatable bonds is 3. The Kier molecular flexibility index (Phi) is 5.54. The molecule has 2 amide bonds. The molecule has 5 nitrogen and oxygen atoms in total. The molecule has 3 aromatic carbocycles. The van der Waals surface area contributed by atoms with Crippen molar-refractivity contribution in [3.8, 4) is 0 Å². The van der Waals surface area contributed by atoms with Crippen molar-refractivity contribution in [1.82, 2.24) is 4.57 Å². The second-order valence-electron chi connectivity index (χ2n) is 8.81. The number of carbonyl (C=O) groups excluding carboxylic acids is 2. The minimum absolute atomic E-state index is 0.0582. The molecule has 170 valence electrons. The first-order chi connectivity index (χ1) is 16.4. The fourth-order valence-corrected chi connectivity index (χ4v) is 4.53. The number of anilines is 2. The standard InChI is InChI=1S/C29H27N3O2/c1-20-8-6-11-26(21(20)2)29(34)30(3)24-15-13-22(14-16-24)28(33)32-19-25-10-7-17-31(25)18-23-9-4-5-12-27(23)32/h4-17H,18-19H2,1-3H3. The molecule has 0 bridgehead atoms. The lowest BCUT2D eigenvalue weighted by molar-refractivity contribution is 0.0981. The molecule has 0 N–H and O–H groups in total. The molecule has 34 heavy (non-hydrogen) atoms. The van der Waals surface area contributed by atoms with E-state index in [1.54, 1.807) is 24.1 Å². The van der Waals surface area contributed by atoms with Crippen molar-refractivity contribution in [3.05, 3.63) is 119 Å². The first-order valence-electron chi connectivity index (χ1n) is 11.4. The zero-order chi connectivity index (χ0) is 23.8. The van der Waals surface area contributed by atoms with Gasteiger partial charge in [-0.15, -0.1) is 0 Å². The predicted molar refractivity (Wildman–Crippen MR) is 136 cm³/mol. The van der Waals surface area contributed by atoms with Gasteiger partial charge in [0.15, 0.2) is 0 Å². The van der Waals surface area contributed by atoms with Crippen LogP contribution in [0, 0.1) is 13.8 Å². The van der Waals surface area contributed by atoms with Crippen LogP contribution in [0.1, 0.15) is 43.1 Å². The molecule has 1 aliphatic heterocycles. The van der Waals surface area contributed by atoms with Gasteiger partial charge in [0.05, 0.1) is 6.54 Å². The minimum Gasteiger partial charge on any atom is -0.345 e. The summed E-state index contributed by atoms with van der Waals surface area (Å²) in [6.45, 7) is 5.22. The summed E-state index contributed by atoms with van der Waals surface area (Å²) in [6.07, 6.45) is 2.05. The Balaban J connectivity index is 1.42. The minimum atomic E-state index is -0.0671. The number of hydrogen-bond donors (Lipinski definition) is 0. The zero-order valence-corrected chi connectivity index (χ0v) is 19.7. The maximum atomic E-state index is 13.6. The summed E-state index contributed by atoms with van der Waals surface area (Å²) >= 11 is 0. The van der Waals surface area contributed by atoms with Gasteiger partial charge in [0.2, 0.25) is 0 Å². The van der Waals surface area contributed by atoms with Crippen molar-refractivity contribution in [1.29, 1.82) is 0 Å². The van der Waals surface area contributed by atoms with Crippen LogP contribution >= 0.6 is 0 Å². The van der Waals surface area contributed by atoms with Crippen LogP contribution in [-0.4, -0.2) is 23.4 Å². The van der Waals surface area contributed by atoms with Gasteiger partial charge in [-0.1, -0.05) is 30.3 Å². The van der Waals surface area contributed by atoms with Gasteiger partial charge in [-0.25, -0.2) is 0 Å². The summed E-state index contributed by atoms with van der Waals surface area (Å²) in [5.74, 6) is -0.125. The Morgan fingerprint density at radius 2 is 1.59 bits per heavy atom. The molecule has 0 saturated heterocycles. The van der Waals surface area contributed by atoms with Gasteiger partial charge in [-0.3, -0.25) is 9.59 Å². The number of nitrogens with zero attached hydrogens (tertiary/aromatic N) is 3. The fraction of sp³-hybridized carbons (Fsp3) is 0.172. The average molecular weight is 450 g/mol. The van der Waals surface area contributed by atoms with Crippen molar-refractivity contribution in [2.75, 3.05) is 16.8 Å². The molecule has 4 aromatic rings. The Bertz CT molecular complexity index is 1380. The lowest BCUT2D eigenvalue weighted by atomic mass is 10.0. The molecule has 0 fully saturated rings. The smallest absolute Gasteiger partial charge is 0.258 e. The molecular weight excluding hydrogens is 422 g/mol. The first-order valence-corrected chi connectivity index (χ1v) is 11.4. The number of fused-ring (bicyclic) bond motifs is 2. The largest absolute Gasteiger partial charge is 0.345 e. The second-order valence-corrected chi connectivity index (χ2v) is 8.81. The van der Waals surface area contributed by atoms with Gasteiger partial charge in [0.25, 0.3) is 11.8 Å². The molecule has 5 heteroatoms. The number of aryl methyl sites for hydroxylation is 1. The van der Waals surface area contributed by atoms with E-state index >= 15 is 0 Å². The quantitative estimate of drug-likeness (QED) is 0.409. The van der Waals surface area contributed by atoms with E-state index in [0.29, 0.717) is 17.7 Å². The first kappa shape index (κ1) is 21.7. The molecule has 0 aliphatic carbocycles. The van der Waals surface area contributed by atoms with E-state index in [0.717, 1.165) is 40.3 Å². The Morgan fingerprint density at radius 1 is 0.824 bits per heavy atom. The van der Waals surface area contributed by atoms with Gasteiger partial charge >= 0.3 is 0 Å². The van der Waals surface area contributed by atoms with Gasteiger partial charge in [0.1, 0.15) is 0 Å². The maximum absolute atomic E-state index is 13.6. The van der Waals surface area contributed by atoms with Crippen molar-refractivity contribution < 1.29 is 9.59 Å². The normalized spacial score (nSPS) is 12.5. The Hall–Kier alpha value is -4.12. The Labute approximate surface area is 199 Å². The summed E-state index contributed by atoms with van der Waals surface area (Å²) in [5, 5.41) is 0. The Morgan fingerprint density at radius 3 is 2.38 bits per heavy atom. The van der Waals surface area contributed by atoms with Gasteiger partial charge in [-0.2, -0.15) is 0 Å². The van der Waals surface area contributed by atoms with Crippen LogP contribution in [0.2, 0.25) is 0 Å². The topological polar surface area (TPSA) is 45.6 Å². The van der Waals surface area contributed by atoms with Gasteiger partial charge < -0.3 is 14.4 Å². The summed E-state index contributed by atoms with van der Waals surface area (Å²) in [5.41, 5.74) is 7.23. The molecule has 5 rings (SSSR count). The highest BCUT2D eigenvalue weighted by molar-refractivity contribution is 6.08. The van der Waals surface area contributed by atoms with E-state index in [1.807, 2.05) is 73.3 Å². The zero-order valence-electron chi connectivity index (χ0n) is 19.7. The summed E-state index contributed by atoms with van der Waals surface area (Å²) in [4.78, 5) is 30.2. The van der Waals surface area contributed by atoms with Crippen molar-refractivity contribution in [2.24, 2.45) is 0 Å². The van der Waals surface area contributed by atoms with Gasteiger partial charge in [0, 0.05) is 48.0 Å². The van der Waals surface area contributed by atoms with E-state index in [-0.39, 0.29) is 11.8 Å². The molecule has 2 heterocycles. The van der Waals surface area contributed by atoms with Crippen LogP contribution in [0.15, 0.2) is 85.1 Å². The highest BCUT2D eigenvalue weighted by Gasteiger charge is 2.25. The summed E-state index contributed by atoms with van der Waals surface area (Å²) < 4.78 is 2.18. The SMILES string of the molecule is Cc1cccc(C(=O)N(C)c2ccc(C(=O)N3Cc4cccn4Cc4ccccc43)cc2)c1C. The van der Waals surface area contributed by atoms with Crippen LogP contribution in [0.4, 0.5) is 11.4 Å². The van der Waals surface area contributed by atoms with E-state index in [2.05, 4.69) is 22.9 Å². The highest BCUT2D eigenvalue weighted by Crippen LogP contribution is 2.29. The van der Waals surface area contributed by atoms with E-state index < -0.39 is 0 Å². The van der Waals surface area contributed by atoms with Gasteiger partial charge in [-0.05, 0) is 79.1 Å². The summed E-state index contributed by atoms with van der Waals surface area (Å²) in [6, 6.07) is 25.2. The van der Waals surface area contributed by atoms with Crippen LogP contribution in [0.5, 0.6) is 0 Å². The fourth-order valence-electron chi connectivity index (χ4n) is 4.53. The monoisotopic (exact) mass is 449 g/mol. The number of carbonyl (C=O) groups is 2. The maximum Gasteiger partial charge on any atom is 0.258 e.